The maximum Gasteiger partial charge on any atom is 0.573 e. The number of nitrogens with one attached hydrogen (secondary N) is 3. The van der Waals surface area contributed by atoms with E-state index < -0.39 is 86.0 Å². The van der Waals surface area contributed by atoms with Gasteiger partial charge >= 0.3 is 6.36 Å². The van der Waals surface area contributed by atoms with E-state index in [2.05, 4.69) is 29.5 Å². The number of rotatable bonds is 8. The average Bonchev–Trinajstić information content (AvgIpc) is 3.93. The van der Waals surface area contributed by atoms with Crippen LogP contribution in [0.2, 0.25) is 0 Å². The van der Waals surface area contributed by atoms with Gasteiger partial charge in [-0.2, -0.15) is 0 Å². The van der Waals surface area contributed by atoms with Crippen molar-refractivity contribution in [2.45, 2.75) is 99.5 Å². The van der Waals surface area contributed by atoms with Crippen LogP contribution in [0.25, 0.3) is 21.7 Å². The van der Waals surface area contributed by atoms with Crippen molar-refractivity contribution in [1.82, 2.24) is 29.6 Å². The Labute approximate surface area is 345 Å². The van der Waals surface area contributed by atoms with E-state index in [0.29, 0.717) is 43.9 Å². The molecule has 0 spiro atoms. The number of ether oxygens (including phenoxy) is 2. The topological polar surface area (TPSA) is 186 Å². The summed E-state index contributed by atoms with van der Waals surface area (Å²) in [4.78, 5) is 62.3. The molecule has 0 unspecified atom stereocenters. The molecule has 20 heteroatoms. The van der Waals surface area contributed by atoms with E-state index in [-0.39, 0.29) is 52.9 Å². The van der Waals surface area contributed by atoms with Crippen molar-refractivity contribution in [3.8, 4) is 11.6 Å². The Hall–Kier alpha value is -5.37. The van der Waals surface area contributed by atoms with Gasteiger partial charge in [0.2, 0.25) is 27.7 Å². The molecule has 2 aliphatic heterocycles. The number of fused-ring (bicyclic) bond motifs is 5. The number of hydrogen-bond acceptors (Lipinski definition) is 11. The molecular formula is C40H40F4N6O8S2. The van der Waals surface area contributed by atoms with Crippen LogP contribution in [0.3, 0.4) is 0 Å². The van der Waals surface area contributed by atoms with E-state index in [1.54, 1.807) is 6.08 Å². The zero-order valence-corrected chi connectivity index (χ0v) is 33.7. The maximum atomic E-state index is 14.6. The molecule has 0 bridgehead atoms. The quantitative estimate of drug-likeness (QED) is 0.117. The van der Waals surface area contributed by atoms with Crippen LogP contribution in [-0.2, 0) is 24.4 Å². The number of hydrogen-bond donors (Lipinski definition) is 3. The average molecular weight is 873 g/mol. The van der Waals surface area contributed by atoms with Gasteiger partial charge in [0.1, 0.15) is 40.2 Å². The number of amides is 4. The van der Waals surface area contributed by atoms with E-state index in [9.17, 15) is 45.2 Å². The molecule has 8 rings (SSSR count). The number of allylic oxidation sites excluding steroid dienone is 1. The molecule has 2 aromatic heterocycles. The van der Waals surface area contributed by atoms with Gasteiger partial charge < -0.3 is 25.0 Å². The summed E-state index contributed by atoms with van der Waals surface area (Å²) in [6.45, 7) is 1.30. The third kappa shape index (κ3) is 8.35. The molecule has 2 aromatic carbocycles. The predicted molar refractivity (Wildman–Crippen MR) is 210 cm³/mol. The molecule has 4 amide bonds. The Morgan fingerprint density at radius 2 is 1.82 bits per heavy atom. The lowest BCUT2D eigenvalue weighted by molar-refractivity contribution is -0.274. The summed E-state index contributed by atoms with van der Waals surface area (Å²) in [6.07, 6.45) is 2.57. The SMILES string of the molecule is CC1(S(=O)(=O)NC(=O)[C@@]23C[C@H]2/C=C\CCCCC[C@H](NC(=O)c2ccns2)C(=O)N2C[C@H](Oc4nc5cc(OC(F)(F)F)ccc5c5cc(F)ccc45)C[C@H]2C(=O)N3)CC1. The van der Waals surface area contributed by atoms with Gasteiger partial charge in [-0.15, -0.1) is 13.2 Å². The fourth-order valence-corrected chi connectivity index (χ4v) is 9.69. The second-order valence-electron chi connectivity index (χ2n) is 15.9. The van der Waals surface area contributed by atoms with Gasteiger partial charge in [0.15, 0.2) is 0 Å². The van der Waals surface area contributed by atoms with Crippen LogP contribution in [0.5, 0.6) is 11.6 Å². The minimum Gasteiger partial charge on any atom is -0.472 e. The van der Waals surface area contributed by atoms with Gasteiger partial charge in [-0.25, -0.2) is 22.2 Å². The smallest absolute Gasteiger partial charge is 0.472 e. The molecule has 60 heavy (non-hydrogen) atoms. The second kappa shape index (κ2) is 15.6. The molecule has 2 aliphatic carbocycles. The number of sulfonamides is 1. The lowest BCUT2D eigenvalue weighted by Gasteiger charge is -2.30. The summed E-state index contributed by atoms with van der Waals surface area (Å²) in [5, 5.41) is 6.45. The fraction of sp³-hybridized carbons (Fsp3) is 0.450. The fourth-order valence-electron chi connectivity index (χ4n) is 7.88. The summed E-state index contributed by atoms with van der Waals surface area (Å²) >= 11 is 0.941. The first-order chi connectivity index (χ1) is 28.4. The second-order valence-corrected chi connectivity index (χ2v) is 19.0. The van der Waals surface area contributed by atoms with Gasteiger partial charge in [-0.1, -0.05) is 25.0 Å². The van der Waals surface area contributed by atoms with Crippen molar-refractivity contribution in [3.63, 3.8) is 0 Å². The summed E-state index contributed by atoms with van der Waals surface area (Å²) in [6, 6.07) is 6.25. The zero-order chi connectivity index (χ0) is 42.6. The van der Waals surface area contributed by atoms with E-state index in [1.807, 2.05) is 6.08 Å². The van der Waals surface area contributed by atoms with Crippen molar-refractivity contribution >= 4 is 66.9 Å². The number of nitrogens with zero attached hydrogens (tertiary/aromatic N) is 3. The van der Waals surface area contributed by atoms with E-state index in [1.165, 1.54) is 42.3 Å². The van der Waals surface area contributed by atoms with Crippen molar-refractivity contribution in [3.05, 3.63) is 71.5 Å². The van der Waals surface area contributed by atoms with Crippen LogP contribution in [0.1, 0.15) is 74.4 Å². The molecule has 4 aromatic rings. The Morgan fingerprint density at radius 1 is 1.03 bits per heavy atom. The van der Waals surface area contributed by atoms with Gasteiger partial charge in [0, 0.05) is 35.4 Å². The van der Waals surface area contributed by atoms with Crippen LogP contribution in [0, 0.1) is 11.7 Å². The zero-order valence-electron chi connectivity index (χ0n) is 32.1. The number of halogens is 4. The first kappa shape index (κ1) is 41.4. The summed E-state index contributed by atoms with van der Waals surface area (Å²) in [5.41, 5.74) is -1.66. The van der Waals surface area contributed by atoms with Gasteiger partial charge in [-0.05, 0) is 98.8 Å². The Bertz CT molecular complexity index is 2520. The molecule has 4 aliphatic rings. The number of carbonyl (C=O) groups is 4. The van der Waals surface area contributed by atoms with E-state index in [4.69, 9.17) is 4.74 Å². The van der Waals surface area contributed by atoms with Crippen LogP contribution < -0.4 is 24.8 Å². The lowest BCUT2D eigenvalue weighted by Crippen LogP contribution is -2.58. The molecular weight excluding hydrogens is 833 g/mol. The Morgan fingerprint density at radius 3 is 2.55 bits per heavy atom. The first-order valence-electron chi connectivity index (χ1n) is 19.5. The number of benzene rings is 2. The third-order valence-corrected chi connectivity index (χ3v) is 14.6. The van der Waals surface area contributed by atoms with Gasteiger partial charge in [0.05, 0.1) is 16.8 Å². The first-order valence-corrected chi connectivity index (χ1v) is 21.7. The van der Waals surface area contributed by atoms with Crippen LogP contribution in [-0.4, -0.2) is 87.7 Å². The maximum absolute atomic E-state index is 14.6. The van der Waals surface area contributed by atoms with E-state index >= 15 is 0 Å². The van der Waals surface area contributed by atoms with Gasteiger partial charge in [-0.3, -0.25) is 23.9 Å². The molecule has 4 heterocycles. The highest BCUT2D eigenvalue weighted by atomic mass is 32.2. The van der Waals surface area contributed by atoms with Crippen LogP contribution >= 0.6 is 11.5 Å². The molecule has 318 valence electrons. The number of aromatic nitrogens is 2. The van der Waals surface area contributed by atoms with Crippen molar-refractivity contribution in [1.29, 1.82) is 0 Å². The Kier molecular flexibility index (Phi) is 10.7. The number of pyridine rings is 1. The molecule has 1 saturated heterocycles. The molecule has 3 fully saturated rings. The summed E-state index contributed by atoms with van der Waals surface area (Å²) < 4.78 is 96.0. The largest absolute Gasteiger partial charge is 0.573 e. The van der Waals surface area contributed by atoms with Crippen LogP contribution in [0.4, 0.5) is 17.6 Å². The third-order valence-electron chi connectivity index (χ3n) is 11.6. The molecule has 3 N–H and O–H groups in total. The minimum absolute atomic E-state index is 0.0202. The highest BCUT2D eigenvalue weighted by molar-refractivity contribution is 7.91. The molecule has 2 saturated carbocycles. The highest BCUT2D eigenvalue weighted by Gasteiger charge is 2.63. The van der Waals surface area contributed by atoms with E-state index in [0.717, 1.165) is 29.7 Å². The summed E-state index contributed by atoms with van der Waals surface area (Å²) in [5.74, 6) is -4.71. The molecule has 0 radical (unpaired) electrons. The number of carbonyl (C=O) groups excluding carboxylic acids is 4. The van der Waals surface area contributed by atoms with Crippen LogP contribution in [0.15, 0.2) is 60.8 Å². The molecule has 5 atom stereocenters. The van der Waals surface area contributed by atoms with Crippen molar-refractivity contribution in [2.75, 3.05) is 6.54 Å². The van der Waals surface area contributed by atoms with Crippen molar-refractivity contribution in [2.24, 2.45) is 5.92 Å². The van der Waals surface area contributed by atoms with Crippen molar-refractivity contribution < 1.29 is 54.6 Å². The highest BCUT2D eigenvalue weighted by Crippen LogP contribution is 2.48. The monoisotopic (exact) mass is 872 g/mol. The normalized spacial score (nSPS) is 26.2. The summed E-state index contributed by atoms with van der Waals surface area (Å²) in [7, 11) is -4.08. The van der Waals surface area contributed by atoms with Gasteiger partial charge in [0.25, 0.3) is 11.8 Å². The molecule has 14 nitrogen and oxygen atoms in total. The predicted octanol–water partition coefficient (Wildman–Crippen LogP) is 5.42. The minimum atomic E-state index is -5.00. The number of alkyl halides is 3. The Balaban J connectivity index is 1.14. The lowest BCUT2D eigenvalue weighted by atomic mass is 10.0. The standard InChI is InChI=1S/C40H40F4N6O8S2/c1-38(14-15-38)60(55,56)49-37(54)39-20-22(39)7-5-3-2-4-6-8-29(46-34(52)32-13-16-45-59-32)36(53)50-21-25(19-31(50)33(51)48-39)57-35-27-11-9-23(41)17-28(27)26-12-10-24(18-30(26)47-35)58-40(42,43)44/h5,7,9-13,16-18,22,25,29,31H,2-4,6,8,14-15,19-21H2,1H3,(H,46,52)(H,48,51)(H,49,54)/b7-5-/t22-,25-,29+,31+,39-/m1/s1.